The lowest BCUT2D eigenvalue weighted by Gasteiger charge is -2.46. The van der Waals surface area contributed by atoms with Gasteiger partial charge in [-0.1, -0.05) is 109 Å². The third-order valence-corrected chi connectivity index (χ3v) is 11.8. The van der Waals surface area contributed by atoms with Crippen LogP contribution in [-0.4, -0.2) is 19.5 Å². The maximum absolute atomic E-state index is 11.4. The molecule has 0 amide bonds. The lowest BCUT2D eigenvalue weighted by atomic mass is 10.0. The topological polar surface area (TPSA) is 29.5 Å². The summed E-state index contributed by atoms with van der Waals surface area (Å²) in [5.41, 5.74) is 1.03. The van der Waals surface area contributed by atoms with Crippen molar-refractivity contribution < 1.29 is 9.53 Å². The highest BCUT2D eigenvalue weighted by Gasteiger charge is 2.53. The molecule has 1 aliphatic rings. The van der Waals surface area contributed by atoms with Crippen molar-refractivity contribution in [2.45, 2.75) is 50.9 Å². The van der Waals surface area contributed by atoms with E-state index < -0.39 is 14.4 Å². The van der Waals surface area contributed by atoms with E-state index in [0.717, 1.165) is 22.9 Å². The maximum Gasteiger partial charge on any atom is 0.262 e. The Balaban J connectivity index is 1.91. The van der Waals surface area contributed by atoms with E-state index in [1.54, 1.807) is 0 Å². The molecule has 162 valence electrons. The molecule has 3 aromatic rings. The zero-order valence-electron chi connectivity index (χ0n) is 18.5. The van der Waals surface area contributed by atoms with Gasteiger partial charge >= 0.3 is 0 Å². The van der Waals surface area contributed by atoms with Crippen molar-refractivity contribution in [3.8, 4) is 0 Å². The Morgan fingerprint density at radius 1 is 0.871 bits per heavy atom. The lowest BCUT2D eigenvalue weighted by Crippen LogP contribution is -2.67. The average molecular weight is 496 g/mol. The van der Waals surface area contributed by atoms with Crippen molar-refractivity contribution in [3.63, 3.8) is 0 Å². The molecule has 1 N–H and O–H groups in total. The summed E-state index contributed by atoms with van der Waals surface area (Å²) in [5.74, 6) is 0.308. The summed E-state index contributed by atoms with van der Waals surface area (Å²) in [5, 5.41) is 13.7. The van der Waals surface area contributed by atoms with Crippen molar-refractivity contribution in [2.75, 3.05) is 0 Å². The first-order valence-corrected chi connectivity index (χ1v) is 13.8. The largest absolute Gasteiger partial charge is 0.398 e. The van der Waals surface area contributed by atoms with Crippen LogP contribution in [0.25, 0.3) is 0 Å². The van der Waals surface area contributed by atoms with Gasteiger partial charge < -0.3 is 9.53 Å². The van der Waals surface area contributed by atoms with Gasteiger partial charge in [-0.25, -0.2) is 0 Å². The Kier molecular flexibility index (Phi) is 6.54. The molecule has 31 heavy (non-hydrogen) atoms. The van der Waals surface area contributed by atoms with Crippen molar-refractivity contribution >= 4 is 34.6 Å². The fraction of sp³-hybridized carbons (Fsp3) is 0.333. The van der Waals surface area contributed by atoms with E-state index in [9.17, 15) is 5.11 Å². The standard InChI is InChI=1S/C27H31BrO2Si/c1-27(2,3)31(23-13-6-4-7-14-23,24-15-8-5-9-16-24)30-26(25(29)20-17-18-20)21-11-10-12-22(28)19-21/h4-16,19-20,25-26,29H,17-18H2,1-3H3. The molecule has 0 saturated heterocycles. The van der Waals surface area contributed by atoms with E-state index in [2.05, 4.69) is 109 Å². The Labute approximate surface area is 195 Å². The molecular weight excluding hydrogens is 464 g/mol. The van der Waals surface area contributed by atoms with Gasteiger partial charge in [0.2, 0.25) is 0 Å². The zero-order chi connectivity index (χ0) is 22.1. The summed E-state index contributed by atoms with van der Waals surface area (Å²) in [4.78, 5) is 0. The Morgan fingerprint density at radius 3 is 1.87 bits per heavy atom. The Morgan fingerprint density at radius 2 is 1.42 bits per heavy atom. The molecule has 2 nitrogen and oxygen atoms in total. The maximum atomic E-state index is 11.4. The van der Waals surface area contributed by atoms with Crippen LogP contribution in [0.2, 0.25) is 5.04 Å². The second-order valence-corrected chi connectivity index (χ2v) is 14.8. The van der Waals surface area contributed by atoms with Crippen LogP contribution in [0.4, 0.5) is 0 Å². The van der Waals surface area contributed by atoms with Crippen molar-refractivity contribution in [1.82, 2.24) is 0 Å². The summed E-state index contributed by atoms with van der Waals surface area (Å²) in [7, 11) is -2.77. The first-order chi connectivity index (χ1) is 14.8. The number of rotatable bonds is 7. The predicted octanol–water partition coefficient (Wildman–Crippen LogP) is 5.84. The van der Waals surface area contributed by atoms with Crippen LogP contribution in [0.15, 0.2) is 89.4 Å². The third kappa shape index (κ3) is 4.58. The van der Waals surface area contributed by atoms with E-state index in [0.29, 0.717) is 5.92 Å². The molecule has 2 atom stereocenters. The molecule has 1 fully saturated rings. The van der Waals surface area contributed by atoms with Gasteiger partial charge in [-0.2, -0.15) is 0 Å². The van der Waals surface area contributed by atoms with Gasteiger partial charge in [-0.05, 0) is 51.9 Å². The number of benzene rings is 3. The zero-order valence-corrected chi connectivity index (χ0v) is 21.0. The number of aliphatic hydroxyl groups is 1. The second-order valence-electron chi connectivity index (χ2n) is 9.58. The molecule has 4 rings (SSSR count). The van der Waals surface area contributed by atoms with Gasteiger partial charge in [0.05, 0.1) is 12.2 Å². The summed E-state index contributed by atoms with van der Waals surface area (Å²) in [6, 6.07) is 29.5. The number of halogens is 1. The fourth-order valence-electron chi connectivity index (χ4n) is 4.59. The fourth-order valence-corrected chi connectivity index (χ4v) is 9.67. The van der Waals surface area contributed by atoms with E-state index in [4.69, 9.17) is 4.43 Å². The molecule has 4 heteroatoms. The van der Waals surface area contributed by atoms with Crippen LogP contribution in [-0.2, 0) is 4.43 Å². The summed E-state index contributed by atoms with van der Waals surface area (Å²) >= 11 is 3.62. The van der Waals surface area contributed by atoms with Crippen molar-refractivity contribution in [1.29, 1.82) is 0 Å². The molecule has 0 radical (unpaired) electrons. The SMILES string of the molecule is CC(C)(C)[Si](OC(c1cccc(Br)c1)C(O)C1CC1)(c1ccccc1)c1ccccc1. The van der Waals surface area contributed by atoms with Crippen LogP contribution in [0.1, 0.15) is 45.3 Å². The van der Waals surface area contributed by atoms with E-state index >= 15 is 0 Å². The predicted molar refractivity (Wildman–Crippen MR) is 134 cm³/mol. The second kappa shape index (κ2) is 9.03. The number of hydrogen-bond acceptors (Lipinski definition) is 2. The van der Waals surface area contributed by atoms with Gasteiger partial charge in [0.25, 0.3) is 8.32 Å². The highest BCUT2D eigenvalue weighted by molar-refractivity contribution is 9.10. The van der Waals surface area contributed by atoms with E-state index in [-0.39, 0.29) is 11.1 Å². The minimum atomic E-state index is -2.77. The van der Waals surface area contributed by atoms with Gasteiger partial charge in [0.1, 0.15) is 0 Å². The first-order valence-electron chi connectivity index (χ1n) is 11.1. The highest BCUT2D eigenvalue weighted by atomic mass is 79.9. The minimum Gasteiger partial charge on any atom is -0.398 e. The molecule has 0 heterocycles. The number of aliphatic hydroxyl groups excluding tert-OH is 1. The quantitative estimate of drug-likeness (QED) is 0.418. The molecule has 0 aliphatic heterocycles. The average Bonchev–Trinajstić information content (AvgIpc) is 3.60. The number of hydrogen-bond donors (Lipinski definition) is 1. The van der Waals surface area contributed by atoms with Gasteiger partial charge in [-0.3, -0.25) is 0 Å². The smallest absolute Gasteiger partial charge is 0.262 e. The summed E-state index contributed by atoms with van der Waals surface area (Å²) in [6.07, 6.45) is 1.23. The Bertz CT molecular complexity index is 957. The molecule has 0 spiro atoms. The van der Waals surface area contributed by atoms with Crippen LogP contribution >= 0.6 is 15.9 Å². The highest BCUT2D eigenvalue weighted by Crippen LogP contribution is 2.45. The molecule has 1 saturated carbocycles. The Hall–Kier alpha value is -1.72. The van der Waals surface area contributed by atoms with Gasteiger partial charge in [-0.15, -0.1) is 0 Å². The summed E-state index contributed by atoms with van der Waals surface area (Å²) in [6.45, 7) is 6.84. The van der Waals surface area contributed by atoms with E-state index in [1.165, 1.54) is 10.4 Å². The van der Waals surface area contributed by atoms with Gasteiger partial charge in [0, 0.05) is 4.47 Å². The molecule has 2 unspecified atom stereocenters. The molecular formula is C27H31BrO2Si. The minimum absolute atomic E-state index is 0.136. The molecule has 0 bridgehead atoms. The lowest BCUT2D eigenvalue weighted by molar-refractivity contribution is 0.0149. The van der Waals surface area contributed by atoms with Crippen molar-refractivity contribution in [2.24, 2.45) is 5.92 Å². The molecule has 3 aromatic carbocycles. The summed E-state index contributed by atoms with van der Waals surface area (Å²) < 4.78 is 8.35. The monoisotopic (exact) mass is 494 g/mol. The van der Waals surface area contributed by atoms with Crippen LogP contribution in [0, 0.1) is 5.92 Å². The van der Waals surface area contributed by atoms with Crippen LogP contribution in [0.5, 0.6) is 0 Å². The van der Waals surface area contributed by atoms with Crippen LogP contribution in [0.3, 0.4) is 0 Å². The molecule has 1 aliphatic carbocycles. The molecule has 0 aromatic heterocycles. The normalized spacial score (nSPS) is 16.7. The van der Waals surface area contributed by atoms with E-state index in [1.807, 2.05) is 12.1 Å². The van der Waals surface area contributed by atoms with Gasteiger partial charge in [0.15, 0.2) is 0 Å². The van der Waals surface area contributed by atoms with Crippen LogP contribution < -0.4 is 10.4 Å². The first kappa shape index (κ1) is 22.5. The third-order valence-electron chi connectivity index (χ3n) is 6.31. The van der Waals surface area contributed by atoms with Crippen molar-refractivity contribution in [3.05, 3.63) is 95.0 Å².